The number of hydrogen-bond donors (Lipinski definition) is 1. The van der Waals surface area contributed by atoms with Crippen LogP contribution in [0.15, 0.2) is 12.1 Å². The maximum absolute atomic E-state index is 3.69. The van der Waals surface area contributed by atoms with Gasteiger partial charge in [0.2, 0.25) is 0 Å². The summed E-state index contributed by atoms with van der Waals surface area (Å²) in [6.45, 7) is 3.73. The van der Waals surface area contributed by atoms with E-state index in [2.05, 4.69) is 22.3 Å². The van der Waals surface area contributed by atoms with E-state index in [1.807, 2.05) is 0 Å². The van der Waals surface area contributed by atoms with Crippen molar-refractivity contribution in [1.29, 1.82) is 0 Å². The first kappa shape index (κ1) is 10.9. The van der Waals surface area contributed by atoms with E-state index in [4.69, 9.17) is 0 Å². The first-order valence-electron chi connectivity index (χ1n) is 7.56. The van der Waals surface area contributed by atoms with Gasteiger partial charge in [-0.05, 0) is 55.3 Å². The lowest BCUT2D eigenvalue weighted by Crippen LogP contribution is -2.28. The summed E-state index contributed by atoms with van der Waals surface area (Å²) < 4.78 is 0. The van der Waals surface area contributed by atoms with Crippen molar-refractivity contribution < 1.29 is 0 Å². The van der Waals surface area contributed by atoms with Gasteiger partial charge in [0, 0.05) is 24.8 Å². The molecule has 1 unspecified atom stereocenters. The topological polar surface area (TPSA) is 15.3 Å². The van der Waals surface area contributed by atoms with E-state index in [0.29, 0.717) is 6.04 Å². The van der Waals surface area contributed by atoms with E-state index in [-0.39, 0.29) is 0 Å². The Morgan fingerprint density at radius 2 is 1.89 bits per heavy atom. The zero-order valence-corrected chi connectivity index (χ0v) is 11.0. The van der Waals surface area contributed by atoms with Crippen molar-refractivity contribution in [3.05, 3.63) is 28.8 Å². The van der Waals surface area contributed by atoms with Crippen molar-refractivity contribution in [2.24, 2.45) is 0 Å². The van der Waals surface area contributed by atoms with Crippen LogP contribution in [0.2, 0.25) is 0 Å². The van der Waals surface area contributed by atoms with Crippen LogP contribution in [0.3, 0.4) is 0 Å². The average molecular weight is 242 g/mol. The molecule has 1 saturated heterocycles. The van der Waals surface area contributed by atoms with Crippen LogP contribution < -0.4 is 10.2 Å². The number of nitrogens with one attached hydrogen (secondary N) is 1. The first-order chi connectivity index (χ1) is 8.92. The highest BCUT2D eigenvalue weighted by atomic mass is 15.2. The number of nitrogens with zero attached hydrogens (tertiary/aromatic N) is 1. The molecule has 1 aromatic carbocycles. The summed E-state index contributed by atoms with van der Waals surface area (Å²) >= 11 is 0. The van der Waals surface area contributed by atoms with Gasteiger partial charge in [0.05, 0.1) is 0 Å². The third-order valence-electron chi connectivity index (χ3n) is 4.84. The van der Waals surface area contributed by atoms with Crippen molar-refractivity contribution in [1.82, 2.24) is 5.32 Å². The lowest BCUT2D eigenvalue weighted by atomic mass is 9.91. The Morgan fingerprint density at radius 3 is 2.72 bits per heavy atom. The monoisotopic (exact) mass is 242 g/mol. The van der Waals surface area contributed by atoms with E-state index < -0.39 is 0 Å². The molecule has 96 valence electrons. The third kappa shape index (κ3) is 1.66. The van der Waals surface area contributed by atoms with Gasteiger partial charge in [-0.25, -0.2) is 0 Å². The van der Waals surface area contributed by atoms with E-state index in [9.17, 15) is 0 Å². The van der Waals surface area contributed by atoms with Gasteiger partial charge >= 0.3 is 0 Å². The highest BCUT2D eigenvalue weighted by Crippen LogP contribution is 2.38. The Morgan fingerprint density at radius 1 is 1.00 bits per heavy atom. The molecule has 18 heavy (non-hydrogen) atoms. The SMILES string of the molecule is c1c(C2CCCCN2)cc2c3c1CCCN3CC2. The quantitative estimate of drug-likeness (QED) is 0.814. The predicted octanol–water partition coefficient (Wildman–Crippen LogP) is 2.81. The second kappa shape index (κ2) is 4.27. The van der Waals surface area contributed by atoms with Crippen molar-refractivity contribution >= 4 is 5.69 Å². The van der Waals surface area contributed by atoms with Gasteiger partial charge in [-0.3, -0.25) is 0 Å². The Hall–Kier alpha value is -1.02. The van der Waals surface area contributed by atoms with E-state index >= 15 is 0 Å². The van der Waals surface area contributed by atoms with Crippen molar-refractivity contribution in [2.45, 2.75) is 44.6 Å². The summed E-state index contributed by atoms with van der Waals surface area (Å²) in [7, 11) is 0. The zero-order valence-electron chi connectivity index (χ0n) is 11.0. The van der Waals surface area contributed by atoms with Gasteiger partial charge in [0.1, 0.15) is 0 Å². The summed E-state index contributed by atoms with van der Waals surface area (Å²) in [6, 6.07) is 5.61. The van der Waals surface area contributed by atoms with Crippen molar-refractivity contribution in [2.75, 3.05) is 24.5 Å². The summed E-state index contributed by atoms with van der Waals surface area (Å²) in [5.74, 6) is 0. The van der Waals surface area contributed by atoms with E-state index in [1.165, 1.54) is 58.2 Å². The highest BCUT2D eigenvalue weighted by molar-refractivity contribution is 5.66. The zero-order chi connectivity index (χ0) is 11.9. The van der Waals surface area contributed by atoms with E-state index in [1.54, 1.807) is 22.4 Å². The number of piperidine rings is 1. The van der Waals surface area contributed by atoms with Gasteiger partial charge in [-0.1, -0.05) is 18.6 Å². The van der Waals surface area contributed by atoms with Gasteiger partial charge in [0.15, 0.2) is 0 Å². The lowest BCUT2D eigenvalue weighted by Gasteiger charge is -2.29. The van der Waals surface area contributed by atoms with Crippen LogP contribution in [-0.4, -0.2) is 19.6 Å². The molecular weight excluding hydrogens is 220 g/mol. The Balaban J connectivity index is 1.73. The fourth-order valence-corrected chi connectivity index (χ4v) is 3.96. The molecule has 3 aliphatic heterocycles. The second-order valence-corrected chi connectivity index (χ2v) is 6.03. The molecule has 1 fully saturated rings. The molecular formula is C16H22N2. The standard InChI is InChI=1S/C16H22N2/c1-2-7-17-15(5-1)14-10-12-4-3-8-18-9-6-13(11-14)16(12)18/h10-11,15,17H,1-9H2. The average Bonchev–Trinajstić information content (AvgIpc) is 2.85. The summed E-state index contributed by atoms with van der Waals surface area (Å²) in [6.07, 6.45) is 7.95. The highest BCUT2D eigenvalue weighted by Gasteiger charge is 2.27. The molecule has 1 N–H and O–H groups in total. The fourth-order valence-electron chi connectivity index (χ4n) is 3.96. The van der Waals surface area contributed by atoms with Gasteiger partial charge in [-0.2, -0.15) is 0 Å². The molecule has 0 aromatic heterocycles. The molecule has 0 amide bonds. The molecule has 4 rings (SSSR count). The molecule has 0 radical (unpaired) electrons. The molecule has 0 saturated carbocycles. The van der Waals surface area contributed by atoms with E-state index in [0.717, 1.165) is 0 Å². The summed E-state index contributed by atoms with van der Waals surface area (Å²) in [4.78, 5) is 2.60. The minimum atomic E-state index is 0.622. The van der Waals surface area contributed by atoms with Crippen LogP contribution >= 0.6 is 0 Å². The van der Waals surface area contributed by atoms with Gasteiger partial charge < -0.3 is 10.2 Å². The number of benzene rings is 1. The molecule has 2 nitrogen and oxygen atoms in total. The molecule has 3 aliphatic rings. The normalized spacial score (nSPS) is 26.2. The molecule has 2 heteroatoms. The molecule has 1 aromatic rings. The lowest BCUT2D eigenvalue weighted by molar-refractivity contribution is 0.412. The Kier molecular flexibility index (Phi) is 2.58. The second-order valence-electron chi connectivity index (χ2n) is 6.03. The smallest absolute Gasteiger partial charge is 0.0432 e. The van der Waals surface area contributed by atoms with Crippen LogP contribution in [0.25, 0.3) is 0 Å². The number of aryl methyl sites for hydroxylation is 1. The molecule has 3 heterocycles. The Labute approximate surface area is 109 Å². The predicted molar refractivity (Wildman–Crippen MR) is 75.3 cm³/mol. The van der Waals surface area contributed by atoms with Gasteiger partial charge in [0.25, 0.3) is 0 Å². The summed E-state index contributed by atoms with van der Waals surface area (Å²) in [5, 5.41) is 3.69. The maximum Gasteiger partial charge on any atom is 0.0432 e. The largest absolute Gasteiger partial charge is 0.371 e. The van der Waals surface area contributed by atoms with Crippen molar-refractivity contribution in [3.8, 4) is 0 Å². The minimum Gasteiger partial charge on any atom is -0.371 e. The number of hydrogen-bond acceptors (Lipinski definition) is 2. The van der Waals surface area contributed by atoms with Crippen molar-refractivity contribution in [3.63, 3.8) is 0 Å². The third-order valence-corrected chi connectivity index (χ3v) is 4.84. The number of anilines is 1. The van der Waals surface area contributed by atoms with Gasteiger partial charge in [-0.15, -0.1) is 0 Å². The molecule has 0 bridgehead atoms. The fraction of sp³-hybridized carbons (Fsp3) is 0.625. The Bertz CT molecular complexity index is 460. The van der Waals surface area contributed by atoms with Crippen LogP contribution in [0, 0.1) is 0 Å². The minimum absolute atomic E-state index is 0.622. The first-order valence-corrected chi connectivity index (χ1v) is 7.56. The van der Waals surface area contributed by atoms with Crippen LogP contribution in [-0.2, 0) is 12.8 Å². The molecule has 0 aliphatic carbocycles. The van der Waals surface area contributed by atoms with Crippen LogP contribution in [0.1, 0.15) is 48.4 Å². The number of rotatable bonds is 1. The van der Waals surface area contributed by atoms with Crippen LogP contribution in [0.4, 0.5) is 5.69 Å². The molecule has 1 atom stereocenters. The maximum atomic E-state index is 3.69. The van der Waals surface area contributed by atoms with Crippen LogP contribution in [0.5, 0.6) is 0 Å². The molecule has 0 spiro atoms. The summed E-state index contributed by atoms with van der Waals surface area (Å²) in [5.41, 5.74) is 6.40.